The van der Waals surface area contributed by atoms with E-state index in [1.165, 1.54) is 0 Å². The normalized spacial score (nSPS) is 21.8. The van der Waals surface area contributed by atoms with Crippen LogP contribution in [0.25, 0.3) is 10.8 Å². The highest BCUT2D eigenvalue weighted by Gasteiger charge is 2.43. The minimum Gasteiger partial charge on any atom is -0.353 e. The molecule has 1 saturated heterocycles. The SMILES string of the molecule is O=C1NCC(c2cccc3ccccc23)SCC1N1C(=O)c2ccccc2C1=O. The number of benzene rings is 3. The molecule has 0 aliphatic carbocycles. The minimum absolute atomic E-state index is 0.0465. The van der Waals surface area contributed by atoms with Gasteiger partial charge in [0, 0.05) is 17.5 Å². The molecule has 2 aliphatic rings. The average molecular weight is 402 g/mol. The van der Waals surface area contributed by atoms with Crippen LogP contribution in [0.15, 0.2) is 66.7 Å². The Balaban J connectivity index is 1.44. The van der Waals surface area contributed by atoms with Crippen LogP contribution in [0.5, 0.6) is 0 Å². The van der Waals surface area contributed by atoms with Gasteiger partial charge in [-0.3, -0.25) is 19.3 Å². The zero-order chi connectivity index (χ0) is 20.0. The number of carbonyl (C=O) groups is 3. The zero-order valence-electron chi connectivity index (χ0n) is 15.5. The summed E-state index contributed by atoms with van der Waals surface area (Å²) in [7, 11) is 0. The lowest BCUT2D eigenvalue weighted by molar-refractivity contribution is -0.124. The van der Waals surface area contributed by atoms with Gasteiger partial charge in [-0.1, -0.05) is 54.6 Å². The highest BCUT2D eigenvalue weighted by atomic mass is 32.2. The first-order valence-electron chi connectivity index (χ1n) is 9.49. The molecule has 3 aromatic carbocycles. The molecule has 0 aromatic heterocycles. The third-order valence-electron chi connectivity index (χ3n) is 5.53. The highest BCUT2D eigenvalue weighted by Crippen LogP contribution is 2.36. The maximum absolute atomic E-state index is 12.8. The summed E-state index contributed by atoms with van der Waals surface area (Å²) in [5, 5.41) is 5.30. The van der Waals surface area contributed by atoms with Crippen molar-refractivity contribution in [3.8, 4) is 0 Å². The molecule has 5 rings (SSSR count). The van der Waals surface area contributed by atoms with E-state index in [4.69, 9.17) is 0 Å². The van der Waals surface area contributed by atoms with Crippen molar-refractivity contribution in [2.45, 2.75) is 11.3 Å². The molecule has 1 N–H and O–H groups in total. The molecule has 6 heteroatoms. The van der Waals surface area contributed by atoms with E-state index >= 15 is 0 Å². The topological polar surface area (TPSA) is 66.5 Å². The van der Waals surface area contributed by atoms with Gasteiger partial charge in [0.25, 0.3) is 11.8 Å². The van der Waals surface area contributed by atoms with Gasteiger partial charge in [-0.25, -0.2) is 0 Å². The summed E-state index contributed by atoms with van der Waals surface area (Å²) in [4.78, 5) is 39.5. The predicted molar refractivity (Wildman–Crippen MR) is 113 cm³/mol. The van der Waals surface area contributed by atoms with Crippen molar-refractivity contribution in [1.29, 1.82) is 0 Å². The van der Waals surface area contributed by atoms with E-state index in [0.29, 0.717) is 23.4 Å². The molecule has 0 saturated carbocycles. The molecule has 0 bridgehead atoms. The number of imide groups is 1. The van der Waals surface area contributed by atoms with Crippen molar-refractivity contribution < 1.29 is 14.4 Å². The summed E-state index contributed by atoms with van der Waals surface area (Å²) in [6.45, 7) is 0.456. The van der Waals surface area contributed by atoms with Crippen molar-refractivity contribution in [3.63, 3.8) is 0 Å². The van der Waals surface area contributed by atoms with E-state index < -0.39 is 17.9 Å². The Kier molecular flexibility index (Phi) is 4.36. The standard InChI is InChI=1S/C23H18N2O3S/c26-21-19(25-22(27)17-9-3-4-10-18(17)23(25)28)13-29-20(12-24-21)16-11-5-7-14-6-1-2-8-15(14)16/h1-11,19-20H,12-13H2,(H,24,26). The van der Waals surface area contributed by atoms with Crippen molar-refractivity contribution in [2.75, 3.05) is 12.3 Å². The average Bonchev–Trinajstić information content (AvgIpc) is 2.88. The summed E-state index contributed by atoms with van der Waals surface area (Å²) in [5.74, 6) is -0.703. The number of amides is 3. The molecule has 2 aliphatic heterocycles. The third-order valence-corrected chi connectivity index (χ3v) is 6.86. The van der Waals surface area contributed by atoms with Gasteiger partial charge in [0.15, 0.2) is 0 Å². The second-order valence-electron chi connectivity index (χ2n) is 7.18. The first-order chi connectivity index (χ1) is 14.1. The number of nitrogens with zero attached hydrogens (tertiary/aromatic N) is 1. The molecule has 3 aromatic rings. The fourth-order valence-electron chi connectivity index (χ4n) is 4.07. The molecule has 3 amide bonds. The smallest absolute Gasteiger partial charge is 0.262 e. The molecule has 29 heavy (non-hydrogen) atoms. The minimum atomic E-state index is -0.813. The van der Waals surface area contributed by atoms with Crippen LogP contribution in [0.4, 0.5) is 0 Å². The summed E-state index contributed by atoms with van der Waals surface area (Å²) >= 11 is 1.60. The predicted octanol–water partition coefficient (Wildman–Crippen LogP) is 3.41. The summed E-state index contributed by atoms with van der Waals surface area (Å²) < 4.78 is 0. The number of carbonyl (C=O) groups excluding carboxylic acids is 3. The van der Waals surface area contributed by atoms with E-state index in [1.54, 1.807) is 36.0 Å². The van der Waals surface area contributed by atoms with Crippen LogP contribution >= 0.6 is 11.8 Å². The van der Waals surface area contributed by atoms with Gasteiger partial charge in [0.2, 0.25) is 5.91 Å². The lowest BCUT2D eigenvalue weighted by atomic mass is 10.0. The Hall–Kier alpha value is -3.12. The van der Waals surface area contributed by atoms with Crippen molar-refractivity contribution in [1.82, 2.24) is 10.2 Å². The number of rotatable bonds is 2. The molecule has 2 unspecified atom stereocenters. The van der Waals surface area contributed by atoms with Gasteiger partial charge in [0.1, 0.15) is 6.04 Å². The Morgan fingerprint density at radius 3 is 2.24 bits per heavy atom. The van der Waals surface area contributed by atoms with E-state index in [9.17, 15) is 14.4 Å². The molecular formula is C23H18N2O3S. The van der Waals surface area contributed by atoms with Gasteiger partial charge in [-0.2, -0.15) is 0 Å². The molecule has 1 fully saturated rings. The molecule has 144 valence electrons. The fraction of sp³-hybridized carbons (Fsp3) is 0.174. The molecule has 2 heterocycles. The van der Waals surface area contributed by atoms with E-state index in [0.717, 1.165) is 21.2 Å². The number of hydrogen-bond acceptors (Lipinski definition) is 4. The lowest BCUT2D eigenvalue weighted by Gasteiger charge is -2.23. The first kappa shape index (κ1) is 17.9. The van der Waals surface area contributed by atoms with Gasteiger partial charge >= 0.3 is 0 Å². The fourth-order valence-corrected chi connectivity index (χ4v) is 5.37. The monoisotopic (exact) mass is 402 g/mol. The molecule has 2 atom stereocenters. The van der Waals surface area contributed by atoms with Crippen LogP contribution in [0, 0.1) is 0 Å². The zero-order valence-corrected chi connectivity index (χ0v) is 16.3. The van der Waals surface area contributed by atoms with Crippen molar-refractivity contribution >= 4 is 40.3 Å². The van der Waals surface area contributed by atoms with E-state index in [1.807, 2.05) is 18.2 Å². The largest absolute Gasteiger partial charge is 0.353 e. The van der Waals surface area contributed by atoms with E-state index in [2.05, 4.69) is 29.6 Å². The van der Waals surface area contributed by atoms with Gasteiger partial charge in [0.05, 0.1) is 11.1 Å². The Bertz CT molecular complexity index is 1120. The number of nitrogens with one attached hydrogen (secondary N) is 1. The number of fused-ring (bicyclic) bond motifs is 2. The maximum Gasteiger partial charge on any atom is 0.262 e. The first-order valence-corrected chi connectivity index (χ1v) is 10.5. The van der Waals surface area contributed by atoms with E-state index in [-0.39, 0.29) is 11.2 Å². The molecule has 0 radical (unpaired) electrons. The number of thioether (sulfide) groups is 1. The van der Waals surface area contributed by atoms with Crippen molar-refractivity contribution in [2.24, 2.45) is 0 Å². The Labute approximate surface area is 172 Å². The van der Waals surface area contributed by atoms with Crippen LogP contribution in [0.1, 0.15) is 31.5 Å². The van der Waals surface area contributed by atoms with Crippen LogP contribution in [0.2, 0.25) is 0 Å². The third kappa shape index (κ3) is 2.91. The maximum atomic E-state index is 12.8. The summed E-state index contributed by atoms with van der Waals surface area (Å²) in [6, 6.07) is 20.2. The summed E-state index contributed by atoms with van der Waals surface area (Å²) in [5.41, 5.74) is 1.88. The Morgan fingerprint density at radius 1 is 0.828 bits per heavy atom. The second-order valence-corrected chi connectivity index (χ2v) is 8.41. The van der Waals surface area contributed by atoms with Gasteiger partial charge in [-0.05, 0) is 28.5 Å². The molecular weight excluding hydrogens is 384 g/mol. The Morgan fingerprint density at radius 2 is 1.48 bits per heavy atom. The van der Waals surface area contributed by atoms with Gasteiger partial charge < -0.3 is 5.32 Å². The summed E-state index contributed by atoms with van der Waals surface area (Å²) in [6.07, 6.45) is 0. The van der Waals surface area contributed by atoms with Crippen LogP contribution in [0.3, 0.4) is 0 Å². The molecule has 0 spiro atoms. The highest BCUT2D eigenvalue weighted by molar-refractivity contribution is 7.99. The van der Waals surface area contributed by atoms with Gasteiger partial charge in [-0.15, -0.1) is 11.8 Å². The number of hydrogen-bond donors (Lipinski definition) is 1. The van der Waals surface area contributed by atoms with Crippen LogP contribution < -0.4 is 5.32 Å². The molecule has 5 nitrogen and oxygen atoms in total. The lowest BCUT2D eigenvalue weighted by Crippen LogP contribution is -2.50. The van der Waals surface area contributed by atoms with Crippen molar-refractivity contribution in [3.05, 3.63) is 83.4 Å². The van der Waals surface area contributed by atoms with Crippen LogP contribution in [-0.2, 0) is 4.79 Å². The van der Waals surface area contributed by atoms with Crippen LogP contribution in [-0.4, -0.2) is 41.0 Å². The quantitative estimate of drug-likeness (QED) is 0.667. The second kappa shape index (κ2) is 7.04.